The Morgan fingerprint density at radius 1 is 1.52 bits per heavy atom. The lowest BCUT2D eigenvalue weighted by atomic mass is 10.3. The minimum Gasteiger partial charge on any atom is -0.457 e. The molecule has 0 aliphatic carbocycles. The summed E-state index contributed by atoms with van der Waals surface area (Å²) in [7, 11) is 0. The van der Waals surface area contributed by atoms with Crippen molar-refractivity contribution in [3.05, 3.63) is 62.3 Å². The van der Waals surface area contributed by atoms with Crippen LogP contribution in [0.4, 0.5) is 0 Å². The van der Waals surface area contributed by atoms with Crippen LogP contribution in [0.2, 0.25) is 0 Å². The quantitative estimate of drug-likeness (QED) is 0.587. The first kappa shape index (κ1) is 18.1. The number of thiazole rings is 1. The molecule has 0 aromatic carbocycles. The molecule has 0 fully saturated rings. The summed E-state index contributed by atoms with van der Waals surface area (Å²) >= 11 is 1.02. The van der Waals surface area contributed by atoms with Crippen molar-refractivity contribution in [2.75, 3.05) is 6.61 Å². The van der Waals surface area contributed by atoms with Crippen LogP contribution < -0.4 is 14.8 Å². The molecule has 2 aromatic heterocycles. The molecule has 0 saturated heterocycles. The first-order valence-corrected chi connectivity index (χ1v) is 8.23. The Bertz CT molecular complexity index is 1040. The minimum atomic E-state index is -0.786. The van der Waals surface area contributed by atoms with Gasteiger partial charge in [-0.05, 0) is 19.1 Å². The van der Waals surface area contributed by atoms with Gasteiger partial charge in [0.1, 0.15) is 21.9 Å². The van der Waals surface area contributed by atoms with Crippen molar-refractivity contribution < 1.29 is 9.53 Å². The second-order valence-electron chi connectivity index (χ2n) is 4.70. The van der Waals surface area contributed by atoms with Gasteiger partial charge in [0.25, 0.3) is 5.56 Å². The summed E-state index contributed by atoms with van der Waals surface area (Å²) < 4.78 is 6.80. The van der Waals surface area contributed by atoms with Crippen LogP contribution in [0.15, 0.2) is 41.8 Å². The van der Waals surface area contributed by atoms with Crippen LogP contribution in [0.1, 0.15) is 12.6 Å². The molecule has 0 atom stereocenters. The van der Waals surface area contributed by atoms with E-state index >= 15 is 0 Å². The van der Waals surface area contributed by atoms with Crippen molar-refractivity contribution in [2.24, 2.45) is 0 Å². The van der Waals surface area contributed by atoms with Crippen LogP contribution in [0.5, 0.6) is 0 Å². The zero-order valence-corrected chi connectivity index (χ0v) is 14.4. The number of rotatable bonds is 5. The molecule has 0 aliphatic rings. The summed E-state index contributed by atoms with van der Waals surface area (Å²) in [6, 6.07) is 7.21. The number of hydrogen-bond acceptors (Lipinski definition) is 6. The number of carbonyl (C=O) groups is 1. The van der Waals surface area contributed by atoms with Gasteiger partial charge in [-0.2, -0.15) is 5.26 Å². The molecule has 126 valence electrons. The van der Waals surface area contributed by atoms with Gasteiger partial charge in [-0.25, -0.2) is 4.79 Å². The Morgan fingerprint density at radius 2 is 2.32 bits per heavy atom. The van der Waals surface area contributed by atoms with E-state index in [4.69, 9.17) is 4.74 Å². The second kappa shape index (κ2) is 8.60. The van der Waals surface area contributed by atoms with E-state index in [-0.39, 0.29) is 26.9 Å². The Hall–Kier alpha value is -3.20. The number of esters is 1. The first-order valence-electron chi connectivity index (χ1n) is 7.42. The number of nitrogens with zero attached hydrogens (tertiary/aromatic N) is 3. The fraction of sp³-hybridized carbons (Fsp3) is 0.167. The van der Waals surface area contributed by atoms with Crippen molar-refractivity contribution in [3.63, 3.8) is 0 Å². The predicted molar refractivity (Wildman–Crippen MR) is 95.8 cm³/mol. The highest BCUT2D eigenvalue weighted by Crippen LogP contribution is 1.97. The van der Waals surface area contributed by atoms with Crippen LogP contribution in [-0.4, -0.2) is 22.1 Å². The Balaban J connectivity index is 2.69. The van der Waals surface area contributed by atoms with E-state index in [0.717, 1.165) is 11.3 Å². The topological polar surface area (TPSA) is 85.0 Å². The molecule has 2 rings (SSSR count). The largest absolute Gasteiger partial charge is 0.457 e. The molecule has 2 heterocycles. The molecule has 0 bridgehead atoms. The molecule has 0 spiro atoms. The average Bonchev–Trinajstić information content (AvgIpc) is 2.95. The second-order valence-corrected chi connectivity index (χ2v) is 5.70. The van der Waals surface area contributed by atoms with Gasteiger partial charge < -0.3 is 4.74 Å². The number of pyridine rings is 1. The molecule has 6 nitrogen and oxygen atoms in total. The van der Waals surface area contributed by atoms with Gasteiger partial charge in [-0.3, -0.25) is 14.3 Å². The van der Waals surface area contributed by atoms with Gasteiger partial charge in [0.15, 0.2) is 5.57 Å². The number of carbonyl (C=O) groups excluding carboxylic acids is 1. The third-order valence-electron chi connectivity index (χ3n) is 3.10. The van der Waals surface area contributed by atoms with E-state index in [1.807, 2.05) is 12.1 Å². The van der Waals surface area contributed by atoms with Crippen LogP contribution in [0, 0.1) is 11.3 Å². The highest BCUT2D eigenvalue weighted by atomic mass is 32.1. The molecule has 0 aliphatic heterocycles. The van der Waals surface area contributed by atoms with E-state index in [0.29, 0.717) is 12.2 Å². The lowest BCUT2D eigenvalue weighted by Crippen LogP contribution is -2.32. The van der Waals surface area contributed by atoms with E-state index in [2.05, 4.69) is 17.3 Å². The van der Waals surface area contributed by atoms with Crippen LogP contribution in [0.3, 0.4) is 0 Å². The lowest BCUT2D eigenvalue weighted by molar-refractivity contribution is -0.135. The summed E-state index contributed by atoms with van der Waals surface area (Å²) in [6.07, 6.45) is 4.62. The molecule has 0 saturated carbocycles. The number of aromatic nitrogens is 2. The monoisotopic (exact) mass is 353 g/mol. The molecule has 0 amide bonds. The molecular formula is C18H15N3O3S. The zero-order valence-electron chi connectivity index (χ0n) is 13.6. The minimum absolute atomic E-state index is 0.00962. The van der Waals surface area contributed by atoms with Crippen LogP contribution in [0.25, 0.3) is 17.4 Å². The fourth-order valence-corrected chi connectivity index (χ4v) is 3.02. The first-order chi connectivity index (χ1) is 12.1. The lowest BCUT2D eigenvalue weighted by Gasteiger charge is -2.00. The van der Waals surface area contributed by atoms with E-state index in [1.165, 1.54) is 10.6 Å². The molecular weight excluding hydrogens is 338 g/mol. The summed E-state index contributed by atoms with van der Waals surface area (Å²) in [4.78, 5) is 28.6. The fourth-order valence-electron chi connectivity index (χ4n) is 1.96. The Kier molecular flexibility index (Phi) is 6.24. The summed E-state index contributed by atoms with van der Waals surface area (Å²) in [5, 5.41) is 9.32. The van der Waals surface area contributed by atoms with Crippen molar-refractivity contribution in [1.29, 1.82) is 5.26 Å². The molecule has 0 N–H and O–H groups in total. The standard InChI is InChI=1S/C18H15N3O3S/c1-3-11-24-18(23)14(12-19)17-21(4-2)16(22)15(25-17)9-8-13-7-5-6-10-20-13/h3,5-8,10H,1,4,11H2,2H3/b17-14-. The molecule has 0 radical (unpaired) electrons. The average molecular weight is 353 g/mol. The maximum absolute atomic E-state index is 12.5. The highest BCUT2D eigenvalue weighted by molar-refractivity contribution is 7.07. The Labute approximate surface area is 147 Å². The maximum atomic E-state index is 12.5. The van der Waals surface area contributed by atoms with E-state index in [1.54, 1.807) is 31.3 Å². The third kappa shape index (κ3) is 4.21. The van der Waals surface area contributed by atoms with E-state index < -0.39 is 5.97 Å². The molecule has 0 unspecified atom stereocenters. The molecule has 25 heavy (non-hydrogen) atoms. The van der Waals surface area contributed by atoms with Gasteiger partial charge >= 0.3 is 5.97 Å². The Morgan fingerprint density at radius 3 is 2.92 bits per heavy atom. The van der Waals surface area contributed by atoms with Crippen molar-refractivity contribution in [2.45, 2.75) is 13.5 Å². The molecule has 2 aromatic rings. The summed E-state index contributed by atoms with van der Waals surface area (Å²) in [5.74, 6) is -0.786. The van der Waals surface area contributed by atoms with Gasteiger partial charge in [0.05, 0.1) is 5.69 Å². The van der Waals surface area contributed by atoms with Crippen LogP contribution in [-0.2, 0) is 16.1 Å². The smallest absolute Gasteiger partial charge is 0.352 e. The van der Waals surface area contributed by atoms with Gasteiger partial charge in [0.2, 0.25) is 0 Å². The SMILES string of the molecule is C=CCOC(=O)/C(C#N)=c1\sc(=C=Cc2ccccn2)c(=O)n1CC. The predicted octanol–water partition coefficient (Wildman–Crippen LogP) is 0.821. The van der Waals surface area contributed by atoms with Crippen LogP contribution >= 0.6 is 11.3 Å². The maximum Gasteiger partial charge on any atom is 0.352 e. The summed E-state index contributed by atoms with van der Waals surface area (Å²) in [5.41, 5.74) is 3.01. The van der Waals surface area contributed by atoms with Gasteiger partial charge in [-0.1, -0.05) is 24.5 Å². The van der Waals surface area contributed by atoms with Gasteiger partial charge in [0, 0.05) is 18.8 Å². The zero-order chi connectivity index (χ0) is 18.2. The van der Waals surface area contributed by atoms with Crippen molar-refractivity contribution >= 4 is 34.7 Å². The van der Waals surface area contributed by atoms with Crippen molar-refractivity contribution in [1.82, 2.24) is 9.55 Å². The van der Waals surface area contributed by atoms with E-state index in [9.17, 15) is 14.9 Å². The highest BCUT2D eigenvalue weighted by Gasteiger charge is 2.16. The normalized spacial score (nSPS) is 11.0. The number of nitriles is 1. The number of hydrogen-bond donors (Lipinski definition) is 0. The summed E-state index contributed by atoms with van der Waals surface area (Å²) in [6.45, 7) is 5.52. The number of ether oxygens (including phenoxy) is 1. The van der Waals surface area contributed by atoms with Crippen molar-refractivity contribution in [3.8, 4) is 6.07 Å². The van der Waals surface area contributed by atoms with Gasteiger partial charge in [-0.15, -0.1) is 11.3 Å². The third-order valence-corrected chi connectivity index (χ3v) is 4.21. The molecule has 7 heteroatoms.